The molecule has 2 aromatic carbocycles. The van der Waals surface area contributed by atoms with Gasteiger partial charge in [0.15, 0.2) is 0 Å². The van der Waals surface area contributed by atoms with Crippen LogP contribution in [0.25, 0.3) is 0 Å². The molecule has 5 heteroatoms. The third-order valence-electron chi connectivity index (χ3n) is 2.64. The summed E-state index contributed by atoms with van der Waals surface area (Å²) in [5, 5.41) is 3.34. The molecule has 0 amide bonds. The van der Waals surface area contributed by atoms with Crippen LogP contribution >= 0.6 is 27.5 Å². The summed E-state index contributed by atoms with van der Waals surface area (Å²) in [4.78, 5) is 0. The Morgan fingerprint density at radius 3 is 2.74 bits per heavy atom. The van der Waals surface area contributed by atoms with Crippen LogP contribution in [0.3, 0.4) is 0 Å². The van der Waals surface area contributed by atoms with Gasteiger partial charge in [-0.15, -0.1) is 0 Å². The second kappa shape index (κ2) is 6.26. The summed E-state index contributed by atoms with van der Waals surface area (Å²) in [5.41, 5.74) is 1.70. The van der Waals surface area contributed by atoms with E-state index in [-0.39, 0.29) is 5.02 Å². The number of hydrogen-bond donors (Lipinski definition) is 1. The van der Waals surface area contributed by atoms with Crippen molar-refractivity contribution >= 4 is 33.2 Å². The second-order valence-corrected chi connectivity index (χ2v) is 5.21. The lowest BCUT2D eigenvalue weighted by Crippen LogP contribution is -2.01. The van der Waals surface area contributed by atoms with Crippen molar-refractivity contribution in [2.75, 3.05) is 12.4 Å². The lowest BCUT2D eigenvalue weighted by Gasteiger charge is -2.10. The van der Waals surface area contributed by atoms with Crippen LogP contribution in [0, 0.1) is 5.82 Å². The van der Waals surface area contributed by atoms with Gasteiger partial charge in [-0.05, 0) is 45.8 Å². The Bertz CT molecular complexity index is 592. The zero-order chi connectivity index (χ0) is 13.8. The van der Waals surface area contributed by atoms with Crippen LogP contribution in [0.2, 0.25) is 5.02 Å². The summed E-state index contributed by atoms with van der Waals surface area (Å²) < 4.78 is 19.4. The molecule has 19 heavy (non-hydrogen) atoms. The van der Waals surface area contributed by atoms with Gasteiger partial charge in [0, 0.05) is 17.1 Å². The molecule has 2 rings (SSSR count). The molecule has 0 spiro atoms. The molecule has 0 aliphatic carbocycles. The number of halogens is 3. The highest BCUT2D eigenvalue weighted by Gasteiger charge is 2.04. The molecule has 2 nitrogen and oxygen atoms in total. The van der Waals surface area contributed by atoms with Crippen LogP contribution in [0.5, 0.6) is 5.75 Å². The third kappa shape index (κ3) is 3.61. The first kappa shape index (κ1) is 14.2. The van der Waals surface area contributed by atoms with Crippen molar-refractivity contribution < 1.29 is 9.13 Å². The van der Waals surface area contributed by atoms with Crippen molar-refractivity contribution in [3.05, 3.63) is 57.3 Å². The van der Waals surface area contributed by atoms with Crippen LogP contribution < -0.4 is 10.1 Å². The quantitative estimate of drug-likeness (QED) is 0.855. The summed E-state index contributed by atoms with van der Waals surface area (Å²) >= 11 is 9.09. The van der Waals surface area contributed by atoms with Gasteiger partial charge in [0.1, 0.15) is 11.6 Å². The van der Waals surface area contributed by atoms with Crippen molar-refractivity contribution in [3.8, 4) is 5.75 Å². The van der Waals surface area contributed by atoms with E-state index in [9.17, 15) is 4.39 Å². The van der Waals surface area contributed by atoms with Gasteiger partial charge in [-0.3, -0.25) is 0 Å². The average Bonchev–Trinajstić information content (AvgIpc) is 2.41. The molecule has 0 aliphatic rings. The summed E-state index contributed by atoms with van der Waals surface area (Å²) in [6.45, 7) is 0.500. The minimum atomic E-state index is -0.411. The summed E-state index contributed by atoms with van der Waals surface area (Å²) in [6, 6.07) is 10.4. The fraction of sp³-hybridized carbons (Fsp3) is 0.143. The van der Waals surface area contributed by atoms with E-state index in [4.69, 9.17) is 16.3 Å². The monoisotopic (exact) mass is 343 g/mol. The lowest BCUT2D eigenvalue weighted by molar-refractivity contribution is 0.415. The lowest BCUT2D eigenvalue weighted by atomic mass is 10.2. The Hall–Kier alpha value is -1.26. The highest BCUT2D eigenvalue weighted by molar-refractivity contribution is 9.10. The molecule has 1 N–H and O–H groups in total. The minimum Gasteiger partial charge on any atom is -0.497 e. The van der Waals surface area contributed by atoms with Crippen molar-refractivity contribution in [3.63, 3.8) is 0 Å². The SMILES string of the molecule is COc1ccc(Br)c(NCc2ccc(Cl)c(F)c2)c1. The van der Waals surface area contributed by atoms with E-state index in [2.05, 4.69) is 21.2 Å². The molecule has 2 aromatic rings. The van der Waals surface area contributed by atoms with E-state index in [1.165, 1.54) is 6.07 Å². The highest BCUT2D eigenvalue weighted by Crippen LogP contribution is 2.27. The van der Waals surface area contributed by atoms with Crippen LogP contribution in [0.15, 0.2) is 40.9 Å². The predicted octanol–water partition coefficient (Wildman–Crippen LogP) is 4.86. The summed E-state index contributed by atoms with van der Waals surface area (Å²) in [6.07, 6.45) is 0. The largest absolute Gasteiger partial charge is 0.497 e. The Kier molecular flexibility index (Phi) is 4.66. The third-order valence-corrected chi connectivity index (χ3v) is 3.64. The molecule has 0 aliphatic heterocycles. The molecule has 0 atom stereocenters. The summed E-state index contributed by atoms with van der Waals surface area (Å²) in [7, 11) is 1.61. The molecular weight excluding hydrogens is 333 g/mol. The van der Waals surface area contributed by atoms with E-state index in [1.54, 1.807) is 19.2 Å². The molecular formula is C14H12BrClFNO. The number of ether oxygens (including phenoxy) is 1. The van der Waals surface area contributed by atoms with E-state index in [0.717, 1.165) is 21.5 Å². The smallest absolute Gasteiger partial charge is 0.142 e. The number of hydrogen-bond acceptors (Lipinski definition) is 2. The molecule has 0 radical (unpaired) electrons. The minimum absolute atomic E-state index is 0.131. The Balaban J connectivity index is 2.11. The molecule has 0 fully saturated rings. The van der Waals surface area contributed by atoms with Crippen molar-refractivity contribution in [2.45, 2.75) is 6.54 Å². The van der Waals surface area contributed by atoms with Gasteiger partial charge in [0.2, 0.25) is 0 Å². The number of benzene rings is 2. The van der Waals surface area contributed by atoms with E-state index >= 15 is 0 Å². The normalized spacial score (nSPS) is 10.3. The van der Waals surface area contributed by atoms with Crippen molar-refractivity contribution in [2.24, 2.45) is 0 Å². The maximum absolute atomic E-state index is 13.3. The van der Waals surface area contributed by atoms with Gasteiger partial charge >= 0.3 is 0 Å². The van der Waals surface area contributed by atoms with E-state index < -0.39 is 5.82 Å². The Morgan fingerprint density at radius 2 is 2.05 bits per heavy atom. The van der Waals surface area contributed by atoms with E-state index in [0.29, 0.717) is 6.54 Å². The first-order valence-electron chi connectivity index (χ1n) is 5.61. The summed E-state index contributed by atoms with van der Waals surface area (Å²) in [5.74, 6) is 0.346. The molecule has 0 aromatic heterocycles. The molecule has 0 saturated carbocycles. The van der Waals surface area contributed by atoms with Crippen LogP contribution in [0.1, 0.15) is 5.56 Å². The van der Waals surface area contributed by atoms with Gasteiger partial charge in [0.25, 0.3) is 0 Å². The van der Waals surface area contributed by atoms with Crippen LogP contribution in [-0.4, -0.2) is 7.11 Å². The number of rotatable bonds is 4. The van der Waals surface area contributed by atoms with Crippen LogP contribution in [-0.2, 0) is 6.54 Å². The number of anilines is 1. The fourth-order valence-corrected chi connectivity index (χ4v) is 2.12. The molecule has 100 valence electrons. The standard InChI is InChI=1S/C14H12BrClFNO/c1-19-10-3-4-11(15)14(7-10)18-8-9-2-5-12(16)13(17)6-9/h2-7,18H,8H2,1H3. The van der Waals surface area contributed by atoms with Gasteiger partial charge in [-0.1, -0.05) is 17.7 Å². The zero-order valence-electron chi connectivity index (χ0n) is 10.2. The predicted molar refractivity (Wildman–Crippen MR) is 79.4 cm³/mol. The van der Waals surface area contributed by atoms with Crippen LogP contribution in [0.4, 0.5) is 10.1 Å². The number of nitrogens with one attached hydrogen (secondary N) is 1. The van der Waals surface area contributed by atoms with E-state index in [1.807, 2.05) is 18.2 Å². The molecule has 0 heterocycles. The van der Waals surface area contributed by atoms with Gasteiger partial charge in [0.05, 0.1) is 17.8 Å². The fourth-order valence-electron chi connectivity index (χ4n) is 1.61. The Morgan fingerprint density at radius 1 is 1.26 bits per heavy atom. The van der Waals surface area contributed by atoms with Crippen molar-refractivity contribution in [1.29, 1.82) is 0 Å². The molecule has 0 unspecified atom stereocenters. The topological polar surface area (TPSA) is 21.3 Å². The Labute approximate surface area is 124 Å². The second-order valence-electron chi connectivity index (χ2n) is 3.95. The maximum Gasteiger partial charge on any atom is 0.142 e. The number of methoxy groups -OCH3 is 1. The van der Waals surface area contributed by atoms with Gasteiger partial charge in [-0.25, -0.2) is 4.39 Å². The maximum atomic E-state index is 13.3. The van der Waals surface area contributed by atoms with Gasteiger partial charge < -0.3 is 10.1 Å². The first-order chi connectivity index (χ1) is 9.10. The molecule has 0 bridgehead atoms. The molecule has 0 saturated heterocycles. The first-order valence-corrected chi connectivity index (χ1v) is 6.78. The van der Waals surface area contributed by atoms with Gasteiger partial charge in [-0.2, -0.15) is 0 Å². The zero-order valence-corrected chi connectivity index (χ0v) is 12.6. The van der Waals surface area contributed by atoms with Crippen molar-refractivity contribution in [1.82, 2.24) is 0 Å². The average molecular weight is 345 g/mol. The highest BCUT2D eigenvalue weighted by atomic mass is 79.9.